The number of rotatable bonds is 1. The molecule has 0 aliphatic carbocycles. The second kappa shape index (κ2) is 13.3. The molecule has 0 bridgehead atoms. The van der Waals surface area contributed by atoms with Crippen LogP contribution in [-0.4, -0.2) is 12.2 Å². The van der Waals surface area contributed by atoms with E-state index in [0.717, 1.165) is 12.2 Å². The fourth-order valence-corrected chi connectivity index (χ4v) is 1.26. The van der Waals surface area contributed by atoms with Crippen molar-refractivity contribution in [3.63, 3.8) is 0 Å². The van der Waals surface area contributed by atoms with E-state index in [4.69, 9.17) is 20.4 Å². The molecule has 0 aromatic heterocycles. The van der Waals surface area contributed by atoms with E-state index in [1.807, 2.05) is 12.1 Å². The SMILES string of the molecule is C.N=C=O.N=C=O.c1ccc(-c2ccccc2)cc1. The standard InChI is InChI=1S/C12H10.2CHNO.CH4/c1-3-7-11(8-4-1)12-9-5-2-6-10-12;2*2-1-3;/h1-10H;2*2H;1H4. The summed E-state index contributed by atoms with van der Waals surface area (Å²) in [5.41, 5.74) is 2.55. The Morgan fingerprint density at radius 1 is 0.632 bits per heavy atom. The highest BCUT2D eigenvalue weighted by Gasteiger charge is 1.91. The predicted octanol–water partition coefficient (Wildman–Crippen LogP) is 3.79. The normalized spacial score (nSPS) is 6.95. The average Bonchev–Trinajstić information content (AvgIpc) is 2.43. The summed E-state index contributed by atoms with van der Waals surface area (Å²) < 4.78 is 0. The van der Waals surface area contributed by atoms with Crippen LogP contribution in [0.5, 0.6) is 0 Å². The van der Waals surface area contributed by atoms with Gasteiger partial charge in [0.25, 0.3) is 0 Å². The van der Waals surface area contributed by atoms with Crippen molar-refractivity contribution in [3.05, 3.63) is 60.7 Å². The lowest BCUT2D eigenvalue weighted by molar-refractivity contribution is 0.562. The molecule has 0 aliphatic rings. The summed E-state index contributed by atoms with van der Waals surface area (Å²) in [5.74, 6) is 0. The summed E-state index contributed by atoms with van der Waals surface area (Å²) in [6.45, 7) is 0. The van der Waals surface area contributed by atoms with Crippen molar-refractivity contribution in [3.8, 4) is 11.1 Å². The topological polar surface area (TPSA) is 81.8 Å². The van der Waals surface area contributed by atoms with Gasteiger partial charge in [-0.15, -0.1) is 0 Å². The Labute approximate surface area is 112 Å². The van der Waals surface area contributed by atoms with Gasteiger partial charge in [-0.25, -0.2) is 20.4 Å². The molecule has 0 fully saturated rings. The number of nitrogens with one attached hydrogen (secondary N) is 2. The Morgan fingerprint density at radius 3 is 1.05 bits per heavy atom. The third kappa shape index (κ3) is 8.95. The molecule has 0 unspecified atom stereocenters. The monoisotopic (exact) mass is 256 g/mol. The maximum absolute atomic E-state index is 8.35. The number of benzene rings is 2. The molecule has 4 heteroatoms. The molecule has 2 aromatic carbocycles. The first-order valence-electron chi connectivity index (χ1n) is 4.98. The van der Waals surface area contributed by atoms with Gasteiger partial charge in [0.1, 0.15) is 0 Å². The quantitative estimate of drug-likeness (QED) is 0.601. The van der Waals surface area contributed by atoms with Gasteiger partial charge < -0.3 is 0 Å². The van der Waals surface area contributed by atoms with Crippen molar-refractivity contribution in [2.45, 2.75) is 7.43 Å². The van der Waals surface area contributed by atoms with E-state index < -0.39 is 0 Å². The van der Waals surface area contributed by atoms with Gasteiger partial charge in [-0.05, 0) is 11.1 Å². The highest BCUT2D eigenvalue weighted by atomic mass is 16.1. The van der Waals surface area contributed by atoms with E-state index >= 15 is 0 Å². The molecule has 0 radical (unpaired) electrons. The zero-order chi connectivity index (χ0) is 13.6. The van der Waals surface area contributed by atoms with Crippen molar-refractivity contribution >= 4 is 12.2 Å². The zero-order valence-corrected chi connectivity index (χ0v) is 9.59. The molecule has 0 aliphatic heterocycles. The minimum Gasteiger partial charge on any atom is -0.222 e. The van der Waals surface area contributed by atoms with Crippen LogP contribution in [0, 0.1) is 10.8 Å². The molecule has 2 N–H and O–H groups in total. The second-order valence-corrected chi connectivity index (χ2v) is 2.94. The van der Waals surface area contributed by atoms with E-state index in [0.29, 0.717) is 0 Å². The first-order valence-corrected chi connectivity index (χ1v) is 4.98. The molecule has 19 heavy (non-hydrogen) atoms. The maximum atomic E-state index is 8.35. The van der Waals surface area contributed by atoms with Gasteiger partial charge in [0.05, 0.1) is 0 Å². The lowest BCUT2D eigenvalue weighted by Gasteiger charge is -1.98. The molecule has 2 rings (SSSR count). The lowest BCUT2D eigenvalue weighted by atomic mass is 10.1. The Kier molecular flexibility index (Phi) is 13.0. The van der Waals surface area contributed by atoms with Gasteiger partial charge in [-0.3, -0.25) is 0 Å². The van der Waals surface area contributed by atoms with Gasteiger partial charge in [-0.2, -0.15) is 0 Å². The van der Waals surface area contributed by atoms with Crippen LogP contribution in [0.4, 0.5) is 0 Å². The summed E-state index contributed by atoms with van der Waals surface area (Å²) in [6, 6.07) is 20.8. The molecule has 0 saturated carbocycles. The van der Waals surface area contributed by atoms with E-state index in [-0.39, 0.29) is 7.43 Å². The molecule has 98 valence electrons. The van der Waals surface area contributed by atoms with Crippen molar-refractivity contribution in [1.82, 2.24) is 0 Å². The largest absolute Gasteiger partial charge is 0.231 e. The van der Waals surface area contributed by atoms with E-state index in [1.165, 1.54) is 11.1 Å². The predicted molar refractivity (Wildman–Crippen MR) is 75.4 cm³/mol. The van der Waals surface area contributed by atoms with Crippen molar-refractivity contribution in [2.24, 2.45) is 0 Å². The van der Waals surface area contributed by atoms with Crippen LogP contribution in [0.3, 0.4) is 0 Å². The first kappa shape index (κ1) is 18.6. The third-order valence-electron chi connectivity index (χ3n) is 1.88. The van der Waals surface area contributed by atoms with Crippen LogP contribution in [0.15, 0.2) is 60.7 Å². The fourth-order valence-electron chi connectivity index (χ4n) is 1.26. The number of carbonyl (C=O) groups excluding carboxylic acids is 2. The molecule has 0 amide bonds. The molecule has 0 spiro atoms. The van der Waals surface area contributed by atoms with Gasteiger partial charge >= 0.3 is 0 Å². The van der Waals surface area contributed by atoms with Crippen LogP contribution >= 0.6 is 0 Å². The van der Waals surface area contributed by atoms with E-state index in [1.54, 1.807) is 0 Å². The highest BCUT2D eigenvalue weighted by molar-refractivity contribution is 5.62. The van der Waals surface area contributed by atoms with Crippen molar-refractivity contribution in [2.75, 3.05) is 0 Å². The Balaban J connectivity index is 0. The van der Waals surface area contributed by atoms with Crippen LogP contribution in [0.25, 0.3) is 11.1 Å². The molecular weight excluding hydrogens is 240 g/mol. The molecule has 2 aromatic rings. The average molecular weight is 256 g/mol. The minimum atomic E-state index is 0. The summed E-state index contributed by atoms with van der Waals surface area (Å²) in [4.78, 5) is 16.7. The van der Waals surface area contributed by atoms with Crippen LogP contribution in [0.2, 0.25) is 0 Å². The van der Waals surface area contributed by atoms with Gasteiger partial charge in [0.2, 0.25) is 12.2 Å². The lowest BCUT2D eigenvalue weighted by Crippen LogP contribution is -1.73. The molecule has 0 saturated heterocycles. The van der Waals surface area contributed by atoms with Crippen molar-refractivity contribution in [1.29, 1.82) is 10.8 Å². The maximum Gasteiger partial charge on any atom is 0.231 e. The molecule has 0 heterocycles. The fraction of sp³-hybridized carbons (Fsp3) is 0.0667. The minimum absolute atomic E-state index is 0. The highest BCUT2D eigenvalue weighted by Crippen LogP contribution is 2.17. The number of hydrogen-bond acceptors (Lipinski definition) is 4. The van der Waals surface area contributed by atoms with E-state index in [2.05, 4.69) is 48.5 Å². The summed E-state index contributed by atoms with van der Waals surface area (Å²) in [6.07, 6.45) is 1.50. The second-order valence-electron chi connectivity index (χ2n) is 2.94. The van der Waals surface area contributed by atoms with Gasteiger partial charge in [-0.1, -0.05) is 68.1 Å². The summed E-state index contributed by atoms with van der Waals surface area (Å²) >= 11 is 0. The van der Waals surface area contributed by atoms with Crippen molar-refractivity contribution < 1.29 is 9.59 Å². The third-order valence-corrected chi connectivity index (χ3v) is 1.88. The Morgan fingerprint density at radius 2 is 0.842 bits per heavy atom. The molecule has 0 atom stereocenters. The van der Waals surface area contributed by atoms with E-state index in [9.17, 15) is 0 Å². The van der Waals surface area contributed by atoms with Crippen LogP contribution < -0.4 is 0 Å². The Hall–Kier alpha value is -2.80. The first-order chi connectivity index (χ1) is 8.79. The zero-order valence-electron chi connectivity index (χ0n) is 9.59. The summed E-state index contributed by atoms with van der Waals surface area (Å²) in [7, 11) is 0. The number of hydrogen-bond donors (Lipinski definition) is 2. The molecule has 4 nitrogen and oxygen atoms in total. The Bertz CT molecular complexity index is 449. The molecular formula is C15H16N2O2. The van der Waals surface area contributed by atoms with Crippen LogP contribution in [-0.2, 0) is 9.59 Å². The van der Waals surface area contributed by atoms with Crippen LogP contribution in [0.1, 0.15) is 7.43 Å². The summed E-state index contributed by atoms with van der Waals surface area (Å²) in [5, 5.41) is 10.8. The van der Waals surface area contributed by atoms with Gasteiger partial charge in [0, 0.05) is 0 Å². The smallest absolute Gasteiger partial charge is 0.222 e. The van der Waals surface area contributed by atoms with Gasteiger partial charge in [0.15, 0.2) is 0 Å². The number of isocyanates is 2.